The topological polar surface area (TPSA) is 135 Å². The number of hydrogen-bond acceptors (Lipinski definition) is 8. The number of rotatable bonds is 21. The molecule has 1 unspecified atom stereocenters. The minimum absolute atomic E-state index is 0.00833. The average Bonchev–Trinajstić information content (AvgIpc) is 2.94. The first-order valence-electron chi connectivity index (χ1n) is 17.5. The third-order valence-electron chi connectivity index (χ3n) is 6.54. The summed E-state index contributed by atoms with van der Waals surface area (Å²) in [5.41, 5.74) is -1.13. The number of halogens is 1. The molecule has 0 aliphatic heterocycles. The van der Waals surface area contributed by atoms with E-state index in [-0.39, 0.29) is 41.1 Å². The van der Waals surface area contributed by atoms with Crippen molar-refractivity contribution in [2.24, 2.45) is 10.8 Å². The maximum Gasteiger partial charge on any atom is 0.245 e. The fourth-order valence-corrected chi connectivity index (χ4v) is 6.11. The van der Waals surface area contributed by atoms with Crippen LogP contribution in [0.15, 0.2) is 0 Å². The van der Waals surface area contributed by atoms with Crippen LogP contribution in [0, 0.1) is 10.8 Å². The smallest absolute Gasteiger partial charge is 0.245 e. The van der Waals surface area contributed by atoms with Crippen LogP contribution in [0.2, 0.25) is 0 Å². The first-order valence-corrected chi connectivity index (χ1v) is 19.2. The zero-order valence-electron chi connectivity index (χ0n) is 33.0. The van der Waals surface area contributed by atoms with Crippen molar-refractivity contribution in [3.05, 3.63) is 0 Å². The Kier molecular flexibility index (Phi) is 27.7. The molecule has 0 spiro atoms. The summed E-state index contributed by atoms with van der Waals surface area (Å²) in [6.45, 7) is 30.5. The zero-order valence-corrected chi connectivity index (χ0v) is 36.0. The van der Waals surface area contributed by atoms with Crippen molar-refractivity contribution in [1.29, 1.82) is 0 Å². The molecule has 12 heteroatoms. The van der Waals surface area contributed by atoms with Crippen molar-refractivity contribution in [1.82, 2.24) is 21.3 Å². The van der Waals surface area contributed by atoms with Crippen LogP contribution < -0.4 is 21.3 Å². The SMILES string of the molecule is CC.CC(C)(C)CC(C)(I)C(=O)NC(C)(C)CC(C)(C)C(=O)NCCOCCOCC(=O)NCCCCS.CCC(=O)CNC(C)(C)C. The van der Waals surface area contributed by atoms with E-state index < -0.39 is 14.4 Å². The predicted molar refractivity (Wildman–Crippen MR) is 212 cm³/mol. The molecule has 3 amide bonds. The molecule has 48 heavy (non-hydrogen) atoms. The molecule has 0 aromatic rings. The van der Waals surface area contributed by atoms with Gasteiger partial charge >= 0.3 is 0 Å². The molecule has 0 rings (SSSR count). The van der Waals surface area contributed by atoms with Gasteiger partial charge in [-0.2, -0.15) is 12.6 Å². The quantitative estimate of drug-likeness (QED) is 0.0399. The number of unbranched alkanes of at least 4 members (excludes halogenated alkanes) is 1. The summed E-state index contributed by atoms with van der Waals surface area (Å²) in [5.74, 6) is 0.843. The normalized spacial score (nSPS) is 13.2. The number of ketones is 1. The van der Waals surface area contributed by atoms with E-state index >= 15 is 0 Å². The van der Waals surface area contributed by atoms with Crippen LogP contribution in [0.1, 0.15) is 129 Å². The number of alkyl halides is 1. The highest BCUT2D eigenvalue weighted by Crippen LogP contribution is 2.35. The molecule has 0 aliphatic carbocycles. The average molecular weight is 817 g/mol. The highest BCUT2D eigenvalue weighted by atomic mass is 127. The van der Waals surface area contributed by atoms with Gasteiger partial charge < -0.3 is 30.7 Å². The van der Waals surface area contributed by atoms with Crippen LogP contribution in [-0.4, -0.2) is 89.8 Å². The highest BCUT2D eigenvalue weighted by molar-refractivity contribution is 14.1. The monoisotopic (exact) mass is 816 g/mol. The molecule has 0 aromatic heterocycles. The third-order valence-corrected chi connectivity index (χ3v) is 7.73. The summed E-state index contributed by atoms with van der Waals surface area (Å²) in [4.78, 5) is 48.2. The molecule has 0 aliphatic rings. The van der Waals surface area contributed by atoms with Crippen LogP contribution in [0.5, 0.6) is 0 Å². The molecule has 0 aromatic carbocycles. The van der Waals surface area contributed by atoms with Gasteiger partial charge in [0.25, 0.3) is 0 Å². The second-order valence-corrected chi connectivity index (χ2v) is 18.4. The molecule has 1 atom stereocenters. The summed E-state index contributed by atoms with van der Waals surface area (Å²) in [7, 11) is 0. The van der Waals surface area contributed by atoms with Gasteiger partial charge in [-0.25, -0.2) is 0 Å². The lowest BCUT2D eigenvalue weighted by atomic mass is 9.78. The molecule has 0 heterocycles. The molecule has 0 radical (unpaired) electrons. The van der Waals surface area contributed by atoms with Crippen molar-refractivity contribution in [2.45, 2.75) is 144 Å². The summed E-state index contributed by atoms with van der Waals surface area (Å²) in [5, 5.41) is 12.0. The minimum atomic E-state index is -0.675. The van der Waals surface area contributed by atoms with Gasteiger partial charge in [-0.15, -0.1) is 0 Å². The number of ether oxygens (including phenoxy) is 2. The third kappa shape index (κ3) is 31.1. The van der Waals surface area contributed by atoms with Gasteiger partial charge in [-0.3, -0.25) is 19.2 Å². The zero-order chi connectivity index (χ0) is 38.2. The first kappa shape index (κ1) is 51.4. The van der Waals surface area contributed by atoms with E-state index in [9.17, 15) is 19.2 Å². The van der Waals surface area contributed by atoms with E-state index in [1.165, 1.54) is 0 Å². The summed E-state index contributed by atoms with van der Waals surface area (Å²) >= 11 is 6.36. The number of carbonyl (C=O) groups is 4. The molecule has 0 fully saturated rings. The Morgan fingerprint density at radius 3 is 1.79 bits per heavy atom. The standard InChI is InChI=1S/C26H50IN3O5S.C8H17NO.C2H6/c1-23(2,3)18-26(8,27)22(33)30-25(6,7)19-24(4,5)21(32)29-12-13-34-14-15-35-17-20(31)28-11-9-10-16-36;1-5-7(10)6-9-8(2,3)4;1-2/h36H,9-19H2,1-8H3,(H,28,31)(H,29,32)(H,30,33);9H,5-6H2,1-4H3;1-2H3. The molecule has 0 saturated carbocycles. The Hall–Kier alpha value is -0.960. The molecule has 10 nitrogen and oxygen atoms in total. The second-order valence-electron chi connectivity index (χ2n) is 15.5. The number of Topliss-reactive ketones (excluding diaryl/α,β-unsaturated/α-hetero) is 1. The number of amides is 3. The Bertz CT molecular complexity index is 915. The van der Waals surface area contributed by atoms with Gasteiger partial charge in [0.15, 0.2) is 0 Å². The molecule has 0 bridgehead atoms. The summed E-state index contributed by atoms with van der Waals surface area (Å²) in [6.07, 6.45) is 3.74. The number of nitrogens with one attached hydrogen (secondary N) is 4. The van der Waals surface area contributed by atoms with Crippen molar-refractivity contribution >= 4 is 58.7 Å². The molecule has 0 saturated heterocycles. The lowest BCUT2D eigenvalue weighted by molar-refractivity contribution is -0.132. The lowest BCUT2D eigenvalue weighted by Gasteiger charge is -2.38. The lowest BCUT2D eigenvalue weighted by Crippen LogP contribution is -2.54. The van der Waals surface area contributed by atoms with E-state index in [1.54, 1.807) is 0 Å². The van der Waals surface area contributed by atoms with Crippen LogP contribution >= 0.6 is 35.2 Å². The highest BCUT2D eigenvalue weighted by Gasteiger charge is 2.40. The van der Waals surface area contributed by atoms with E-state index in [0.717, 1.165) is 25.0 Å². The van der Waals surface area contributed by atoms with Gasteiger partial charge in [0.1, 0.15) is 12.4 Å². The van der Waals surface area contributed by atoms with Crippen molar-refractivity contribution < 1.29 is 28.7 Å². The Balaban J connectivity index is -0.00000143. The fraction of sp³-hybridized carbons (Fsp3) is 0.889. The van der Waals surface area contributed by atoms with E-state index in [0.29, 0.717) is 52.3 Å². The van der Waals surface area contributed by atoms with E-state index in [4.69, 9.17) is 9.47 Å². The molecule has 286 valence electrons. The van der Waals surface area contributed by atoms with Crippen molar-refractivity contribution in [3.8, 4) is 0 Å². The van der Waals surface area contributed by atoms with Crippen LogP contribution in [-0.2, 0) is 28.7 Å². The summed E-state index contributed by atoms with van der Waals surface area (Å²) < 4.78 is 10.3. The van der Waals surface area contributed by atoms with Gasteiger partial charge in [-0.1, -0.05) is 78.0 Å². The Labute approximate surface area is 313 Å². The van der Waals surface area contributed by atoms with Crippen molar-refractivity contribution in [3.63, 3.8) is 0 Å². The van der Waals surface area contributed by atoms with Crippen molar-refractivity contribution in [2.75, 3.05) is 51.8 Å². The van der Waals surface area contributed by atoms with E-state index in [1.807, 2.05) is 55.4 Å². The molecule has 4 N–H and O–H groups in total. The number of thiol groups is 1. The predicted octanol–water partition coefficient (Wildman–Crippen LogP) is 6.28. The second kappa shape index (κ2) is 25.9. The number of carbonyl (C=O) groups excluding carboxylic acids is 4. The maximum absolute atomic E-state index is 13.0. The van der Waals surface area contributed by atoms with Crippen LogP contribution in [0.4, 0.5) is 0 Å². The van der Waals surface area contributed by atoms with E-state index in [2.05, 4.69) is 98.0 Å². The Morgan fingerprint density at radius 1 is 0.729 bits per heavy atom. The number of hydrogen-bond donors (Lipinski definition) is 5. The summed E-state index contributed by atoms with van der Waals surface area (Å²) in [6, 6.07) is 0. The largest absolute Gasteiger partial charge is 0.377 e. The Morgan fingerprint density at radius 2 is 1.29 bits per heavy atom. The van der Waals surface area contributed by atoms with Crippen LogP contribution in [0.3, 0.4) is 0 Å². The van der Waals surface area contributed by atoms with Gasteiger partial charge in [0, 0.05) is 36.0 Å². The molecular weight excluding hydrogens is 743 g/mol. The maximum atomic E-state index is 13.0. The van der Waals surface area contributed by atoms with Gasteiger partial charge in [-0.05, 0) is 78.4 Å². The van der Waals surface area contributed by atoms with Crippen LogP contribution in [0.25, 0.3) is 0 Å². The first-order chi connectivity index (χ1) is 21.9. The minimum Gasteiger partial charge on any atom is -0.377 e. The fourth-order valence-electron chi connectivity index (χ4n) is 4.61. The van der Waals surface area contributed by atoms with Gasteiger partial charge in [0.05, 0.1) is 29.8 Å². The van der Waals surface area contributed by atoms with Gasteiger partial charge in [0.2, 0.25) is 17.7 Å². The molecular formula is C36H73IN4O6S.